The zero-order valence-corrected chi connectivity index (χ0v) is 19.5. The van der Waals surface area contributed by atoms with Crippen LogP contribution < -0.4 is 21.5 Å². The van der Waals surface area contributed by atoms with Gasteiger partial charge in [-0.3, -0.25) is 4.79 Å². The average molecular weight is 485 g/mol. The number of nitrogen functional groups attached to an aromatic ring is 1. The lowest BCUT2D eigenvalue weighted by Gasteiger charge is -2.23. The van der Waals surface area contributed by atoms with Gasteiger partial charge in [0.2, 0.25) is 0 Å². The molecule has 1 saturated heterocycles. The highest BCUT2D eigenvalue weighted by atomic mass is 16.5. The molecule has 1 atom stereocenters. The average Bonchev–Trinajstić information content (AvgIpc) is 3.50. The number of benzene rings is 1. The van der Waals surface area contributed by atoms with Crippen LogP contribution in [0.3, 0.4) is 0 Å². The lowest BCUT2D eigenvalue weighted by Crippen LogP contribution is -2.32. The summed E-state index contributed by atoms with van der Waals surface area (Å²) in [5.74, 6) is 1.27. The van der Waals surface area contributed by atoms with Gasteiger partial charge in [-0.15, -0.1) is 0 Å². The summed E-state index contributed by atoms with van der Waals surface area (Å²) in [4.78, 5) is 25.6. The Morgan fingerprint density at radius 2 is 2.11 bits per heavy atom. The number of hydrogen-bond acceptors (Lipinski definition) is 9. The maximum Gasteiger partial charge on any atom is 0.270 e. The molecule has 1 fully saturated rings. The molecule has 5 heterocycles. The van der Waals surface area contributed by atoms with E-state index in [0.717, 1.165) is 37.1 Å². The molecular formula is C24H24N10O2. The van der Waals surface area contributed by atoms with Gasteiger partial charge in [0.05, 0.1) is 11.4 Å². The van der Waals surface area contributed by atoms with Crippen molar-refractivity contribution in [3.05, 3.63) is 54.1 Å². The molecule has 1 aromatic carbocycles. The number of carbonyl (C=O) groups excluding carboxylic acids is 1. The summed E-state index contributed by atoms with van der Waals surface area (Å²) in [6, 6.07) is 9.34. The normalized spacial score (nSPS) is 16.0. The number of carbonyl (C=O) groups is 1. The van der Waals surface area contributed by atoms with Gasteiger partial charge in [-0.2, -0.15) is 10.2 Å². The van der Waals surface area contributed by atoms with Crippen LogP contribution in [0.5, 0.6) is 11.5 Å². The van der Waals surface area contributed by atoms with Gasteiger partial charge in [-0.05, 0) is 56.1 Å². The number of piperidine rings is 1. The van der Waals surface area contributed by atoms with Crippen molar-refractivity contribution in [1.82, 2.24) is 39.7 Å². The molecule has 0 aliphatic carbocycles. The van der Waals surface area contributed by atoms with Gasteiger partial charge >= 0.3 is 0 Å². The van der Waals surface area contributed by atoms with Crippen molar-refractivity contribution in [2.45, 2.75) is 25.8 Å². The lowest BCUT2D eigenvalue weighted by molar-refractivity contribution is 0.0995. The van der Waals surface area contributed by atoms with Crippen LogP contribution in [0.15, 0.2) is 42.9 Å². The highest BCUT2D eigenvalue weighted by Crippen LogP contribution is 2.32. The fraction of sp³-hybridized carbons (Fsp3) is 0.250. The number of nitrogens with one attached hydrogen (secondary N) is 1. The summed E-state index contributed by atoms with van der Waals surface area (Å²) in [6.07, 6.45) is 5.19. The van der Waals surface area contributed by atoms with Crippen molar-refractivity contribution in [1.29, 1.82) is 0 Å². The first kappa shape index (κ1) is 21.9. The second kappa shape index (κ2) is 8.57. The van der Waals surface area contributed by atoms with Crippen LogP contribution in [0.25, 0.3) is 28.1 Å². The molecule has 1 unspecified atom stereocenters. The molecule has 0 spiro atoms. The third kappa shape index (κ3) is 3.77. The minimum atomic E-state index is -0.660. The molecule has 0 bridgehead atoms. The number of nitrogens with two attached hydrogens (primary N) is 2. The van der Waals surface area contributed by atoms with Crippen LogP contribution in [0.2, 0.25) is 0 Å². The van der Waals surface area contributed by atoms with Crippen molar-refractivity contribution in [3.63, 3.8) is 0 Å². The van der Waals surface area contributed by atoms with E-state index in [9.17, 15) is 4.79 Å². The van der Waals surface area contributed by atoms with Crippen LogP contribution in [-0.4, -0.2) is 53.3 Å². The number of anilines is 1. The third-order valence-corrected chi connectivity index (χ3v) is 6.34. The van der Waals surface area contributed by atoms with Crippen LogP contribution >= 0.6 is 0 Å². The maximum atomic E-state index is 12.1. The number of nitrogens with zero attached hydrogens (tertiary/aromatic N) is 7. The summed E-state index contributed by atoms with van der Waals surface area (Å²) in [5.41, 5.74) is 14.8. The molecule has 6 rings (SSSR count). The van der Waals surface area contributed by atoms with Crippen LogP contribution in [-0.2, 0) is 0 Å². The monoisotopic (exact) mass is 484 g/mol. The number of rotatable bonds is 5. The minimum absolute atomic E-state index is 0.0385. The molecule has 36 heavy (non-hydrogen) atoms. The molecular weight excluding hydrogens is 460 g/mol. The van der Waals surface area contributed by atoms with Crippen molar-refractivity contribution in [3.8, 4) is 22.9 Å². The van der Waals surface area contributed by atoms with E-state index in [1.54, 1.807) is 15.4 Å². The third-order valence-electron chi connectivity index (χ3n) is 6.34. The Morgan fingerprint density at radius 1 is 1.22 bits per heavy atom. The predicted octanol–water partition coefficient (Wildman–Crippen LogP) is 2.24. The molecule has 5 N–H and O–H groups in total. The number of pyridine rings is 1. The Labute approximate surface area is 205 Å². The lowest BCUT2D eigenvalue weighted by atomic mass is 10.1. The topological polar surface area (TPSA) is 164 Å². The summed E-state index contributed by atoms with van der Waals surface area (Å²) >= 11 is 0. The number of fused-ring (bicyclic) bond motifs is 2. The van der Waals surface area contributed by atoms with Crippen molar-refractivity contribution in [2.75, 3.05) is 18.8 Å². The van der Waals surface area contributed by atoms with Crippen molar-refractivity contribution < 1.29 is 9.53 Å². The Bertz CT molecular complexity index is 1620. The zero-order chi connectivity index (χ0) is 24.8. The van der Waals surface area contributed by atoms with E-state index in [0.29, 0.717) is 34.0 Å². The van der Waals surface area contributed by atoms with Gasteiger partial charge in [0, 0.05) is 24.4 Å². The van der Waals surface area contributed by atoms with Gasteiger partial charge in [-0.25, -0.2) is 24.1 Å². The first-order valence-corrected chi connectivity index (χ1v) is 11.6. The molecule has 1 amide bonds. The van der Waals surface area contributed by atoms with Crippen LogP contribution in [0, 0.1) is 6.92 Å². The first-order valence-electron chi connectivity index (χ1n) is 11.6. The van der Waals surface area contributed by atoms with Gasteiger partial charge in [0.15, 0.2) is 22.8 Å². The predicted molar refractivity (Wildman–Crippen MR) is 133 cm³/mol. The Hall–Kier alpha value is -4.58. The van der Waals surface area contributed by atoms with Gasteiger partial charge < -0.3 is 21.5 Å². The minimum Gasteiger partial charge on any atom is -0.457 e. The SMILES string of the molecule is Cc1cc(-c2nc(N)c3c(C(N)=O)nn(C4CCCNC4)c3n2)ccc1Oc1ccn2ncnc2c1. The number of hydrogen-bond donors (Lipinski definition) is 3. The van der Waals surface area contributed by atoms with Crippen LogP contribution in [0.1, 0.15) is 34.9 Å². The number of primary amides is 1. The van der Waals surface area contributed by atoms with Gasteiger partial charge in [-0.1, -0.05) is 0 Å². The molecule has 0 radical (unpaired) electrons. The van der Waals surface area contributed by atoms with E-state index in [1.807, 2.05) is 37.3 Å². The molecule has 0 saturated carbocycles. The van der Waals surface area contributed by atoms with E-state index in [4.69, 9.17) is 21.2 Å². The summed E-state index contributed by atoms with van der Waals surface area (Å²) in [6.45, 7) is 3.61. The smallest absolute Gasteiger partial charge is 0.270 e. The number of aryl methyl sites for hydroxylation is 1. The van der Waals surface area contributed by atoms with Gasteiger partial charge in [0.1, 0.15) is 23.6 Å². The first-order chi connectivity index (χ1) is 17.5. The van der Waals surface area contributed by atoms with E-state index >= 15 is 0 Å². The Balaban J connectivity index is 1.38. The van der Waals surface area contributed by atoms with Crippen molar-refractivity contribution >= 4 is 28.4 Å². The summed E-state index contributed by atoms with van der Waals surface area (Å²) in [5, 5.41) is 12.3. The fourth-order valence-electron chi connectivity index (χ4n) is 4.55. The second-order valence-corrected chi connectivity index (χ2v) is 8.80. The Kier molecular flexibility index (Phi) is 5.22. The molecule has 12 heteroatoms. The molecule has 1 aliphatic rings. The molecule has 1 aliphatic heterocycles. The van der Waals surface area contributed by atoms with E-state index in [-0.39, 0.29) is 17.6 Å². The number of ether oxygens (including phenoxy) is 1. The van der Waals surface area contributed by atoms with E-state index < -0.39 is 5.91 Å². The quantitative estimate of drug-likeness (QED) is 0.339. The number of aromatic nitrogens is 7. The van der Waals surface area contributed by atoms with E-state index in [2.05, 4.69) is 25.5 Å². The molecule has 182 valence electrons. The van der Waals surface area contributed by atoms with Crippen LogP contribution in [0.4, 0.5) is 5.82 Å². The second-order valence-electron chi connectivity index (χ2n) is 8.80. The highest BCUT2D eigenvalue weighted by Gasteiger charge is 2.26. The highest BCUT2D eigenvalue weighted by molar-refractivity contribution is 6.07. The summed E-state index contributed by atoms with van der Waals surface area (Å²) < 4.78 is 9.50. The van der Waals surface area contributed by atoms with Crippen molar-refractivity contribution in [2.24, 2.45) is 5.73 Å². The van der Waals surface area contributed by atoms with E-state index in [1.165, 1.54) is 6.33 Å². The maximum absolute atomic E-state index is 12.1. The molecule has 5 aromatic rings. The standard InChI is InChI=1S/C24H24N10O2/c1-13-9-14(4-5-17(13)36-16-6-8-33-18(10-16)28-12-29-33)23-30-21(25)19-20(22(26)35)32-34(24(19)31-23)15-3-2-7-27-11-15/h4-6,8-10,12,15,27H,2-3,7,11H2,1H3,(H2,26,35)(H2,25,30,31). The fourth-order valence-corrected chi connectivity index (χ4v) is 4.55. The molecule has 4 aromatic heterocycles. The number of amides is 1. The zero-order valence-electron chi connectivity index (χ0n) is 19.5. The Morgan fingerprint density at radius 3 is 2.89 bits per heavy atom. The van der Waals surface area contributed by atoms with Gasteiger partial charge in [0.25, 0.3) is 5.91 Å². The largest absolute Gasteiger partial charge is 0.457 e. The summed E-state index contributed by atoms with van der Waals surface area (Å²) in [7, 11) is 0. The molecule has 12 nitrogen and oxygen atoms in total.